The summed E-state index contributed by atoms with van der Waals surface area (Å²) >= 11 is 0. The minimum absolute atomic E-state index is 0.0340. The predicted octanol–water partition coefficient (Wildman–Crippen LogP) is 1.93. The standard InChI is InChI=1S/C16H28N2O2/c1-16(2)11-20-10-9-18(16)15(19)14-8-7-12-5-3-4-6-13(12)17-14/h12-14,17H,3-11H2,1-2H3. The number of carbonyl (C=O) groups excluding carboxylic acids is 1. The van der Waals surface area contributed by atoms with Crippen LogP contribution in [0.1, 0.15) is 52.4 Å². The molecule has 114 valence electrons. The summed E-state index contributed by atoms with van der Waals surface area (Å²) in [7, 11) is 0. The van der Waals surface area contributed by atoms with E-state index in [1.165, 1.54) is 32.1 Å². The summed E-state index contributed by atoms with van der Waals surface area (Å²) in [5.74, 6) is 1.10. The number of hydrogen-bond donors (Lipinski definition) is 1. The second-order valence-corrected chi connectivity index (χ2v) is 7.30. The van der Waals surface area contributed by atoms with Gasteiger partial charge in [0, 0.05) is 12.6 Å². The van der Waals surface area contributed by atoms with E-state index in [-0.39, 0.29) is 11.6 Å². The van der Waals surface area contributed by atoms with Crippen LogP contribution in [-0.4, -0.2) is 48.2 Å². The zero-order valence-electron chi connectivity index (χ0n) is 12.9. The van der Waals surface area contributed by atoms with E-state index in [0.29, 0.717) is 25.2 Å². The van der Waals surface area contributed by atoms with E-state index in [2.05, 4.69) is 19.2 Å². The first kappa shape index (κ1) is 14.3. The van der Waals surface area contributed by atoms with Gasteiger partial charge in [0.15, 0.2) is 0 Å². The molecule has 2 aliphatic heterocycles. The van der Waals surface area contributed by atoms with Gasteiger partial charge in [0.25, 0.3) is 0 Å². The van der Waals surface area contributed by atoms with Crippen LogP contribution in [0.3, 0.4) is 0 Å². The maximum absolute atomic E-state index is 12.9. The Bertz CT molecular complexity index is 369. The van der Waals surface area contributed by atoms with Crippen LogP contribution < -0.4 is 5.32 Å². The molecule has 1 aliphatic carbocycles. The first-order chi connectivity index (χ1) is 9.58. The Morgan fingerprint density at radius 2 is 2.00 bits per heavy atom. The highest BCUT2D eigenvalue weighted by molar-refractivity contribution is 5.83. The fraction of sp³-hybridized carbons (Fsp3) is 0.938. The number of hydrogen-bond acceptors (Lipinski definition) is 3. The lowest BCUT2D eigenvalue weighted by atomic mass is 9.77. The zero-order valence-corrected chi connectivity index (χ0v) is 12.9. The van der Waals surface area contributed by atoms with E-state index < -0.39 is 0 Å². The van der Waals surface area contributed by atoms with Gasteiger partial charge in [-0.2, -0.15) is 0 Å². The molecule has 4 heteroatoms. The number of piperidine rings is 1. The van der Waals surface area contributed by atoms with Crippen molar-refractivity contribution in [2.45, 2.75) is 70.0 Å². The highest BCUT2D eigenvalue weighted by Crippen LogP contribution is 2.33. The lowest BCUT2D eigenvalue weighted by Gasteiger charge is -2.46. The van der Waals surface area contributed by atoms with Gasteiger partial charge in [0.2, 0.25) is 5.91 Å². The number of rotatable bonds is 1. The molecule has 1 saturated carbocycles. The maximum atomic E-state index is 12.9. The van der Waals surface area contributed by atoms with Gasteiger partial charge in [-0.3, -0.25) is 4.79 Å². The number of morpholine rings is 1. The van der Waals surface area contributed by atoms with Gasteiger partial charge in [-0.05, 0) is 45.4 Å². The first-order valence-electron chi connectivity index (χ1n) is 8.23. The summed E-state index contributed by atoms with van der Waals surface area (Å²) in [5, 5.41) is 3.66. The second kappa shape index (κ2) is 5.64. The van der Waals surface area contributed by atoms with E-state index in [4.69, 9.17) is 4.74 Å². The minimum atomic E-state index is -0.166. The van der Waals surface area contributed by atoms with Crippen LogP contribution in [0.2, 0.25) is 0 Å². The largest absolute Gasteiger partial charge is 0.377 e. The molecule has 0 aromatic rings. The number of ether oxygens (including phenoxy) is 1. The van der Waals surface area contributed by atoms with Crippen LogP contribution in [0, 0.1) is 5.92 Å². The Morgan fingerprint density at radius 1 is 1.20 bits per heavy atom. The minimum Gasteiger partial charge on any atom is -0.377 e. The number of carbonyl (C=O) groups is 1. The molecular weight excluding hydrogens is 252 g/mol. The molecule has 3 atom stereocenters. The fourth-order valence-corrected chi connectivity index (χ4v) is 4.14. The SMILES string of the molecule is CC1(C)COCCN1C(=O)C1CCC2CCCCC2N1. The molecule has 3 aliphatic rings. The monoisotopic (exact) mass is 280 g/mol. The van der Waals surface area contributed by atoms with Crippen LogP contribution in [0.15, 0.2) is 0 Å². The smallest absolute Gasteiger partial charge is 0.240 e. The first-order valence-corrected chi connectivity index (χ1v) is 8.23. The molecule has 0 aromatic heterocycles. The topological polar surface area (TPSA) is 41.6 Å². The Morgan fingerprint density at radius 3 is 2.80 bits per heavy atom. The van der Waals surface area contributed by atoms with Gasteiger partial charge >= 0.3 is 0 Å². The Balaban J connectivity index is 1.65. The molecule has 4 nitrogen and oxygen atoms in total. The average Bonchev–Trinajstić information content (AvgIpc) is 2.45. The van der Waals surface area contributed by atoms with Crippen LogP contribution >= 0.6 is 0 Å². The van der Waals surface area contributed by atoms with Crippen LogP contribution in [0.5, 0.6) is 0 Å². The van der Waals surface area contributed by atoms with Crippen molar-refractivity contribution in [2.24, 2.45) is 5.92 Å². The van der Waals surface area contributed by atoms with E-state index in [0.717, 1.165) is 18.9 Å². The van der Waals surface area contributed by atoms with Gasteiger partial charge in [0.05, 0.1) is 24.8 Å². The maximum Gasteiger partial charge on any atom is 0.240 e. The average molecular weight is 280 g/mol. The van der Waals surface area contributed by atoms with E-state index in [9.17, 15) is 4.79 Å². The summed E-state index contributed by atoms with van der Waals surface area (Å²) in [6, 6.07) is 0.613. The van der Waals surface area contributed by atoms with Crippen LogP contribution in [-0.2, 0) is 9.53 Å². The van der Waals surface area contributed by atoms with Crippen LogP contribution in [0.25, 0.3) is 0 Å². The van der Waals surface area contributed by atoms with Crippen molar-refractivity contribution in [1.29, 1.82) is 0 Å². The zero-order chi connectivity index (χ0) is 14.2. The van der Waals surface area contributed by atoms with Crippen molar-refractivity contribution >= 4 is 5.91 Å². The molecule has 1 amide bonds. The molecule has 0 spiro atoms. The summed E-state index contributed by atoms with van der Waals surface area (Å²) in [5.41, 5.74) is -0.166. The van der Waals surface area contributed by atoms with Crippen molar-refractivity contribution in [3.05, 3.63) is 0 Å². The number of fused-ring (bicyclic) bond motifs is 1. The van der Waals surface area contributed by atoms with Crippen molar-refractivity contribution in [1.82, 2.24) is 10.2 Å². The number of nitrogens with zero attached hydrogens (tertiary/aromatic N) is 1. The number of amides is 1. The molecule has 1 N–H and O–H groups in total. The number of nitrogens with one attached hydrogen (secondary N) is 1. The summed E-state index contributed by atoms with van der Waals surface area (Å²) in [6.07, 6.45) is 7.52. The Kier molecular flexibility index (Phi) is 4.04. The Labute approximate surface area is 122 Å². The normalized spacial score (nSPS) is 37.3. The van der Waals surface area contributed by atoms with Crippen LogP contribution in [0.4, 0.5) is 0 Å². The van der Waals surface area contributed by atoms with E-state index >= 15 is 0 Å². The molecule has 2 saturated heterocycles. The molecule has 2 heterocycles. The van der Waals surface area contributed by atoms with Gasteiger partial charge in [-0.25, -0.2) is 0 Å². The van der Waals surface area contributed by atoms with E-state index in [1.54, 1.807) is 0 Å². The lowest BCUT2D eigenvalue weighted by Crippen LogP contribution is -2.62. The molecule has 3 fully saturated rings. The van der Waals surface area contributed by atoms with Gasteiger partial charge in [-0.1, -0.05) is 12.8 Å². The third-order valence-corrected chi connectivity index (χ3v) is 5.36. The van der Waals surface area contributed by atoms with Crippen molar-refractivity contribution in [3.8, 4) is 0 Å². The molecule has 0 radical (unpaired) electrons. The van der Waals surface area contributed by atoms with Gasteiger partial charge in [-0.15, -0.1) is 0 Å². The third kappa shape index (κ3) is 2.73. The van der Waals surface area contributed by atoms with Gasteiger partial charge < -0.3 is 15.0 Å². The molecule has 0 bridgehead atoms. The highest BCUT2D eigenvalue weighted by Gasteiger charge is 2.40. The lowest BCUT2D eigenvalue weighted by molar-refractivity contribution is -0.150. The quantitative estimate of drug-likeness (QED) is 0.798. The predicted molar refractivity (Wildman–Crippen MR) is 78.5 cm³/mol. The summed E-state index contributed by atoms with van der Waals surface area (Å²) < 4.78 is 5.52. The highest BCUT2D eigenvalue weighted by atomic mass is 16.5. The third-order valence-electron chi connectivity index (χ3n) is 5.36. The molecule has 20 heavy (non-hydrogen) atoms. The van der Waals surface area contributed by atoms with Crippen molar-refractivity contribution < 1.29 is 9.53 Å². The summed E-state index contributed by atoms with van der Waals surface area (Å²) in [4.78, 5) is 14.9. The van der Waals surface area contributed by atoms with Gasteiger partial charge in [0.1, 0.15) is 0 Å². The summed E-state index contributed by atoms with van der Waals surface area (Å²) in [6.45, 7) is 6.27. The molecular formula is C16H28N2O2. The van der Waals surface area contributed by atoms with Crippen molar-refractivity contribution in [2.75, 3.05) is 19.8 Å². The fourth-order valence-electron chi connectivity index (χ4n) is 4.14. The van der Waals surface area contributed by atoms with Crippen molar-refractivity contribution in [3.63, 3.8) is 0 Å². The molecule has 0 aromatic carbocycles. The van der Waals surface area contributed by atoms with E-state index in [1.807, 2.05) is 4.90 Å². The Hall–Kier alpha value is -0.610. The molecule has 3 rings (SSSR count). The second-order valence-electron chi connectivity index (χ2n) is 7.30. The molecule has 3 unspecified atom stereocenters.